The van der Waals surface area contributed by atoms with Gasteiger partial charge in [0.1, 0.15) is 5.75 Å². The average molecular weight is 361 g/mol. The first kappa shape index (κ1) is 19.0. The zero-order valence-electron chi connectivity index (χ0n) is 14.8. The zero-order chi connectivity index (χ0) is 18.2. The minimum absolute atomic E-state index is 0.106. The summed E-state index contributed by atoms with van der Waals surface area (Å²) in [6.07, 6.45) is 0.106. The lowest BCUT2D eigenvalue weighted by Gasteiger charge is -2.16. The van der Waals surface area contributed by atoms with Crippen molar-refractivity contribution in [3.63, 3.8) is 0 Å². The molecule has 0 unspecified atom stereocenters. The van der Waals surface area contributed by atoms with Crippen molar-refractivity contribution in [3.05, 3.63) is 51.7 Å². The van der Waals surface area contributed by atoms with E-state index in [0.29, 0.717) is 6.54 Å². The molecule has 0 spiro atoms. The molecule has 2 aromatic rings. The molecule has 134 valence electrons. The second kappa shape index (κ2) is 9.22. The summed E-state index contributed by atoms with van der Waals surface area (Å²) < 4.78 is 10.6. The van der Waals surface area contributed by atoms with Crippen LogP contribution in [-0.4, -0.2) is 37.0 Å². The molecular weight excluding hydrogens is 338 g/mol. The van der Waals surface area contributed by atoms with E-state index in [1.54, 1.807) is 23.3 Å². The Kier molecular flexibility index (Phi) is 7.01. The quantitative estimate of drug-likeness (QED) is 0.677. The predicted molar refractivity (Wildman–Crippen MR) is 97.8 cm³/mol. The van der Waals surface area contributed by atoms with Crippen molar-refractivity contribution in [3.8, 4) is 5.75 Å². The van der Waals surface area contributed by atoms with Gasteiger partial charge in [0.05, 0.1) is 19.6 Å². The van der Waals surface area contributed by atoms with Crippen molar-refractivity contribution < 1.29 is 19.1 Å². The van der Waals surface area contributed by atoms with E-state index in [4.69, 9.17) is 9.47 Å². The summed E-state index contributed by atoms with van der Waals surface area (Å²) in [6, 6.07) is 9.82. The molecule has 2 rings (SSSR count). The van der Waals surface area contributed by atoms with Crippen LogP contribution < -0.4 is 4.74 Å². The highest BCUT2D eigenvalue weighted by Crippen LogP contribution is 2.19. The van der Waals surface area contributed by atoms with Gasteiger partial charge in [-0.2, -0.15) is 0 Å². The zero-order valence-corrected chi connectivity index (χ0v) is 15.6. The van der Waals surface area contributed by atoms with E-state index in [9.17, 15) is 9.59 Å². The SMILES string of the molecule is Cc1ccc(C)c(OCCC(=O)OCC(=O)N(C)Cc2cccs2)c1. The van der Waals surface area contributed by atoms with Crippen LogP contribution in [0.4, 0.5) is 0 Å². The van der Waals surface area contributed by atoms with Crippen molar-refractivity contribution in [1.29, 1.82) is 0 Å². The number of benzene rings is 1. The topological polar surface area (TPSA) is 55.8 Å². The van der Waals surface area contributed by atoms with Crippen molar-refractivity contribution in [1.82, 2.24) is 4.90 Å². The fraction of sp³-hybridized carbons (Fsp3) is 0.368. The van der Waals surface area contributed by atoms with E-state index in [-0.39, 0.29) is 25.5 Å². The van der Waals surface area contributed by atoms with E-state index in [0.717, 1.165) is 21.8 Å². The number of amides is 1. The summed E-state index contributed by atoms with van der Waals surface area (Å²) in [5.74, 6) is 0.0972. The Balaban J connectivity index is 1.68. The van der Waals surface area contributed by atoms with Gasteiger partial charge in [-0.1, -0.05) is 18.2 Å². The molecule has 0 fully saturated rings. The summed E-state index contributed by atoms with van der Waals surface area (Å²) in [7, 11) is 1.69. The van der Waals surface area contributed by atoms with Gasteiger partial charge >= 0.3 is 5.97 Å². The molecule has 0 radical (unpaired) electrons. The number of hydrogen-bond acceptors (Lipinski definition) is 5. The van der Waals surface area contributed by atoms with Gasteiger partial charge in [0, 0.05) is 11.9 Å². The Bertz CT molecular complexity index is 712. The number of esters is 1. The molecule has 1 heterocycles. The number of rotatable bonds is 8. The van der Waals surface area contributed by atoms with Crippen LogP contribution in [0.5, 0.6) is 5.75 Å². The van der Waals surface area contributed by atoms with Gasteiger partial charge in [0.2, 0.25) is 0 Å². The Hall–Kier alpha value is -2.34. The fourth-order valence-electron chi connectivity index (χ4n) is 2.16. The van der Waals surface area contributed by atoms with Crippen LogP contribution in [0.2, 0.25) is 0 Å². The smallest absolute Gasteiger partial charge is 0.309 e. The summed E-state index contributed by atoms with van der Waals surface area (Å²) in [5, 5.41) is 1.96. The number of ether oxygens (including phenoxy) is 2. The molecule has 0 atom stereocenters. The van der Waals surface area contributed by atoms with Gasteiger partial charge in [-0.15, -0.1) is 11.3 Å². The van der Waals surface area contributed by atoms with Crippen LogP contribution in [0, 0.1) is 13.8 Å². The fourth-order valence-corrected chi connectivity index (χ4v) is 2.91. The van der Waals surface area contributed by atoms with Gasteiger partial charge in [-0.3, -0.25) is 9.59 Å². The van der Waals surface area contributed by atoms with Crippen LogP contribution in [0.25, 0.3) is 0 Å². The van der Waals surface area contributed by atoms with Gasteiger partial charge in [-0.05, 0) is 42.5 Å². The molecule has 0 saturated heterocycles. The number of nitrogens with zero attached hydrogens (tertiary/aromatic N) is 1. The lowest BCUT2D eigenvalue weighted by molar-refractivity contribution is -0.152. The van der Waals surface area contributed by atoms with Crippen LogP contribution in [0.3, 0.4) is 0 Å². The Morgan fingerprint density at radius 3 is 2.72 bits per heavy atom. The maximum absolute atomic E-state index is 12.0. The van der Waals surface area contributed by atoms with Crippen LogP contribution in [0.15, 0.2) is 35.7 Å². The molecule has 0 aliphatic rings. The molecule has 0 saturated carbocycles. The third-order valence-corrected chi connectivity index (χ3v) is 4.52. The maximum atomic E-state index is 12.0. The first-order chi connectivity index (χ1) is 12.0. The molecule has 0 N–H and O–H groups in total. The molecule has 1 aromatic heterocycles. The monoisotopic (exact) mass is 361 g/mol. The Morgan fingerprint density at radius 1 is 1.20 bits per heavy atom. The number of thiophene rings is 1. The number of carbonyl (C=O) groups is 2. The number of likely N-dealkylation sites (N-methyl/N-ethyl adjacent to an activating group) is 1. The summed E-state index contributed by atoms with van der Waals surface area (Å²) in [5.41, 5.74) is 2.12. The molecule has 1 aromatic carbocycles. The van der Waals surface area contributed by atoms with Crippen molar-refractivity contribution in [2.24, 2.45) is 0 Å². The number of hydrogen-bond donors (Lipinski definition) is 0. The van der Waals surface area contributed by atoms with Gasteiger partial charge in [-0.25, -0.2) is 0 Å². The molecular formula is C19H23NO4S. The first-order valence-electron chi connectivity index (χ1n) is 8.07. The van der Waals surface area contributed by atoms with E-state index < -0.39 is 5.97 Å². The summed E-state index contributed by atoms with van der Waals surface area (Å²) >= 11 is 1.59. The first-order valence-corrected chi connectivity index (χ1v) is 8.95. The highest BCUT2D eigenvalue weighted by Gasteiger charge is 2.13. The standard InChI is InChI=1S/C19H23NO4S/c1-14-6-7-15(2)17(11-14)23-9-8-19(22)24-13-18(21)20(3)12-16-5-4-10-25-16/h4-7,10-11H,8-9,12-13H2,1-3H3. The minimum Gasteiger partial charge on any atom is -0.493 e. The molecule has 5 nitrogen and oxygen atoms in total. The molecule has 25 heavy (non-hydrogen) atoms. The summed E-state index contributed by atoms with van der Waals surface area (Å²) in [4.78, 5) is 26.4. The molecule has 0 bridgehead atoms. The summed E-state index contributed by atoms with van der Waals surface area (Å²) in [6.45, 7) is 4.43. The second-order valence-electron chi connectivity index (χ2n) is 5.86. The van der Waals surface area contributed by atoms with E-state index in [1.807, 2.05) is 49.6 Å². The van der Waals surface area contributed by atoms with E-state index >= 15 is 0 Å². The van der Waals surface area contributed by atoms with E-state index in [1.165, 1.54) is 0 Å². The van der Waals surface area contributed by atoms with Crippen molar-refractivity contribution in [2.45, 2.75) is 26.8 Å². The van der Waals surface area contributed by atoms with Crippen molar-refractivity contribution >= 4 is 23.2 Å². The molecule has 0 aliphatic heterocycles. The van der Waals surface area contributed by atoms with Gasteiger partial charge < -0.3 is 14.4 Å². The lowest BCUT2D eigenvalue weighted by atomic mass is 10.1. The molecule has 0 aliphatic carbocycles. The minimum atomic E-state index is -0.442. The Morgan fingerprint density at radius 2 is 2.00 bits per heavy atom. The van der Waals surface area contributed by atoms with Gasteiger partial charge in [0.15, 0.2) is 6.61 Å². The van der Waals surface area contributed by atoms with Crippen LogP contribution in [-0.2, 0) is 20.9 Å². The predicted octanol–water partition coefficient (Wildman–Crippen LogP) is 3.34. The average Bonchev–Trinajstić information content (AvgIpc) is 3.08. The molecule has 1 amide bonds. The largest absolute Gasteiger partial charge is 0.493 e. The van der Waals surface area contributed by atoms with Crippen molar-refractivity contribution in [2.75, 3.05) is 20.3 Å². The molecule has 6 heteroatoms. The number of carbonyl (C=O) groups excluding carboxylic acids is 2. The lowest BCUT2D eigenvalue weighted by Crippen LogP contribution is -2.30. The highest BCUT2D eigenvalue weighted by atomic mass is 32.1. The second-order valence-corrected chi connectivity index (χ2v) is 6.89. The van der Waals surface area contributed by atoms with Crippen LogP contribution >= 0.6 is 11.3 Å². The number of aryl methyl sites for hydroxylation is 2. The normalized spacial score (nSPS) is 10.4. The maximum Gasteiger partial charge on any atom is 0.309 e. The highest BCUT2D eigenvalue weighted by molar-refractivity contribution is 7.09. The Labute approximate surface area is 152 Å². The third kappa shape index (κ3) is 6.23. The van der Waals surface area contributed by atoms with Crippen LogP contribution in [0.1, 0.15) is 22.4 Å². The van der Waals surface area contributed by atoms with Gasteiger partial charge in [0.25, 0.3) is 5.91 Å². The van der Waals surface area contributed by atoms with E-state index in [2.05, 4.69) is 0 Å². The third-order valence-electron chi connectivity index (χ3n) is 3.66.